The quantitative estimate of drug-likeness (QED) is 0.795. The molecule has 3 N–H and O–H groups in total. The molecule has 0 unspecified atom stereocenters. The van der Waals surface area contributed by atoms with Crippen molar-refractivity contribution in [2.45, 2.75) is 31.8 Å². The first-order chi connectivity index (χ1) is 9.96. The molecule has 7 nitrogen and oxygen atoms in total. The third-order valence-electron chi connectivity index (χ3n) is 3.63. The number of esters is 1. The molecule has 0 aliphatic carbocycles. The van der Waals surface area contributed by atoms with E-state index in [-0.39, 0.29) is 24.9 Å². The molecule has 124 valence electrons. The van der Waals surface area contributed by atoms with Gasteiger partial charge in [0, 0.05) is 13.2 Å². The fourth-order valence-corrected chi connectivity index (χ4v) is 2.25. The highest BCUT2D eigenvalue weighted by atomic mass is 35.5. The van der Waals surface area contributed by atoms with Gasteiger partial charge >= 0.3 is 5.97 Å². The first-order valence-electron chi connectivity index (χ1n) is 6.79. The van der Waals surface area contributed by atoms with Crippen molar-refractivity contribution in [1.29, 1.82) is 0 Å². The molecule has 1 saturated heterocycles. The minimum atomic E-state index is -0.898. The number of hydrogen-bond donors (Lipinski definition) is 2. The van der Waals surface area contributed by atoms with Crippen molar-refractivity contribution >= 4 is 24.3 Å². The third kappa shape index (κ3) is 4.00. The summed E-state index contributed by atoms with van der Waals surface area (Å²) in [5.74, 6) is 0.240. The molecule has 1 amide bonds. The maximum absolute atomic E-state index is 12.1. The van der Waals surface area contributed by atoms with Crippen molar-refractivity contribution in [3.63, 3.8) is 0 Å². The van der Waals surface area contributed by atoms with Crippen LogP contribution in [0.25, 0.3) is 0 Å². The van der Waals surface area contributed by atoms with Gasteiger partial charge in [0.1, 0.15) is 17.1 Å². The molecule has 1 aliphatic heterocycles. The number of methoxy groups -OCH3 is 1. The summed E-state index contributed by atoms with van der Waals surface area (Å²) in [5.41, 5.74) is 5.53. The summed E-state index contributed by atoms with van der Waals surface area (Å²) in [6.45, 7) is 2.81. The monoisotopic (exact) mass is 332 g/mol. The van der Waals surface area contributed by atoms with Crippen molar-refractivity contribution < 1.29 is 23.5 Å². The van der Waals surface area contributed by atoms with Crippen LogP contribution in [0.5, 0.6) is 0 Å². The summed E-state index contributed by atoms with van der Waals surface area (Å²) in [4.78, 5) is 23.6. The molecule has 0 aromatic carbocycles. The standard InChI is InChI=1S/C14H20N2O5.ClH/c1-9-11(12(17)19-2)7-10(21-9)8-16-13(18)14(15)3-5-20-6-4-14;/h7H,3-6,8,15H2,1-2H3,(H,16,18);1H. The topological polar surface area (TPSA) is 104 Å². The highest BCUT2D eigenvalue weighted by Gasteiger charge is 2.35. The fraction of sp³-hybridized carbons (Fsp3) is 0.571. The number of hydrogen-bond acceptors (Lipinski definition) is 6. The highest BCUT2D eigenvalue weighted by molar-refractivity contribution is 5.90. The summed E-state index contributed by atoms with van der Waals surface area (Å²) < 4.78 is 15.3. The molecule has 1 fully saturated rings. The van der Waals surface area contributed by atoms with E-state index in [2.05, 4.69) is 10.1 Å². The lowest BCUT2D eigenvalue weighted by Crippen LogP contribution is -2.56. The number of aryl methyl sites for hydroxylation is 1. The minimum absolute atomic E-state index is 0. The van der Waals surface area contributed by atoms with Gasteiger partial charge in [0.05, 0.1) is 19.2 Å². The summed E-state index contributed by atoms with van der Waals surface area (Å²) in [6.07, 6.45) is 0.979. The number of furan rings is 1. The van der Waals surface area contributed by atoms with Crippen LogP contribution >= 0.6 is 12.4 Å². The van der Waals surface area contributed by atoms with Crippen molar-refractivity contribution in [2.24, 2.45) is 5.73 Å². The molecule has 0 bridgehead atoms. The average Bonchev–Trinajstić information content (AvgIpc) is 2.85. The normalized spacial score (nSPS) is 16.5. The number of nitrogens with one attached hydrogen (secondary N) is 1. The lowest BCUT2D eigenvalue weighted by molar-refractivity contribution is -0.130. The second kappa shape index (κ2) is 7.62. The number of rotatable bonds is 4. The van der Waals surface area contributed by atoms with Gasteiger partial charge in [0.2, 0.25) is 5.91 Å². The van der Waals surface area contributed by atoms with E-state index < -0.39 is 11.5 Å². The molecule has 0 radical (unpaired) electrons. The van der Waals surface area contributed by atoms with E-state index in [1.54, 1.807) is 13.0 Å². The SMILES string of the molecule is COC(=O)c1cc(CNC(=O)C2(N)CCOCC2)oc1C.Cl. The van der Waals surface area contributed by atoms with Crippen LogP contribution in [0.15, 0.2) is 10.5 Å². The van der Waals surface area contributed by atoms with Crippen molar-refractivity contribution in [1.82, 2.24) is 5.32 Å². The van der Waals surface area contributed by atoms with E-state index in [1.165, 1.54) is 7.11 Å². The molecule has 2 heterocycles. The van der Waals surface area contributed by atoms with Gasteiger partial charge in [-0.3, -0.25) is 4.79 Å². The second-order valence-corrected chi connectivity index (χ2v) is 5.13. The van der Waals surface area contributed by atoms with Gasteiger partial charge in [-0.25, -0.2) is 4.79 Å². The molecular formula is C14H21ClN2O5. The Morgan fingerprint density at radius 1 is 1.41 bits per heavy atom. The molecule has 22 heavy (non-hydrogen) atoms. The van der Waals surface area contributed by atoms with Crippen LogP contribution in [0.2, 0.25) is 0 Å². The maximum Gasteiger partial charge on any atom is 0.341 e. The summed E-state index contributed by atoms with van der Waals surface area (Å²) in [7, 11) is 1.31. The predicted octanol–water partition coefficient (Wildman–Crippen LogP) is 0.921. The van der Waals surface area contributed by atoms with Crippen molar-refractivity contribution in [3.05, 3.63) is 23.2 Å². The molecule has 1 aromatic heterocycles. The Bertz CT molecular complexity index is 537. The van der Waals surface area contributed by atoms with E-state index >= 15 is 0 Å². The number of carbonyl (C=O) groups is 2. The Morgan fingerprint density at radius 2 is 2.05 bits per heavy atom. The number of amides is 1. The zero-order valence-electron chi connectivity index (χ0n) is 12.6. The van der Waals surface area contributed by atoms with Crippen LogP contribution in [0.1, 0.15) is 34.7 Å². The van der Waals surface area contributed by atoms with Gasteiger partial charge in [-0.2, -0.15) is 0 Å². The van der Waals surface area contributed by atoms with E-state index in [9.17, 15) is 9.59 Å². The molecule has 1 aromatic rings. The first-order valence-corrected chi connectivity index (χ1v) is 6.79. The molecule has 0 saturated carbocycles. The van der Waals surface area contributed by atoms with E-state index in [4.69, 9.17) is 14.9 Å². The van der Waals surface area contributed by atoms with Crippen molar-refractivity contribution in [3.8, 4) is 0 Å². The molecule has 0 atom stereocenters. The maximum atomic E-state index is 12.1. The van der Waals surface area contributed by atoms with E-state index in [0.717, 1.165) is 0 Å². The Morgan fingerprint density at radius 3 is 2.64 bits per heavy atom. The van der Waals surface area contributed by atoms with E-state index in [0.29, 0.717) is 43.1 Å². The second-order valence-electron chi connectivity index (χ2n) is 5.13. The average molecular weight is 333 g/mol. The summed E-state index contributed by atoms with van der Waals surface area (Å²) in [5, 5.41) is 2.74. The van der Waals surface area contributed by atoms with Crippen LogP contribution in [-0.2, 0) is 20.8 Å². The van der Waals surface area contributed by atoms with E-state index in [1.807, 2.05) is 0 Å². The molecular weight excluding hydrogens is 312 g/mol. The van der Waals surface area contributed by atoms with Gasteiger partial charge in [0.15, 0.2) is 0 Å². The zero-order chi connectivity index (χ0) is 15.5. The number of carbonyl (C=O) groups excluding carboxylic acids is 2. The van der Waals surface area contributed by atoms with Gasteiger partial charge in [-0.15, -0.1) is 12.4 Å². The van der Waals surface area contributed by atoms with Crippen LogP contribution in [0.3, 0.4) is 0 Å². The molecule has 8 heteroatoms. The lowest BCUT2D eigenvalue weighted by atomic mass is 9.90. The Hall–Kier alpha value is -1.57. The summed E-state index contributed by atoms with van der Waals surface area (Å²) >= 11 is 0. The number of halogens is 1. The molecule has 2 rings (SSSR count). The Balaban J connectivity index is 0.00000242. The third-order valence-corrected chi connectivity index (χ3v) is 3.63. The van der Waals surface area contributed by atoms with Crippen LogP contribution < -0.4 is 11.1 Å². The highest BCUT2D eigenvalue weighted by Crippen LogP contribution is 2.19. The summed E-state index contributed by atoms with van der Waals surface area (Å²) in [6, 6.07) is 1.56. The first kappa shape index (κ1) is 18.5. The Labute approximate surface area is 134 Å². The number of ether oxygens (including phenoxy) is 2. The Kier molecular flexibility index (Phi) is 6.40. The zero-order valence-corrected chi connectivity index (χ0v) is 13.5. The van der Waals surface area contributed by atoms with Crippen LogP contribution in [0.4, 0.5) is 0 Å². The largest absolute Gasteiger partial charge is 0.465 e. The fourth-order valence-electron chi connectivity index (χ4n) is 2.25. The van der Waals surface area contributed by atoms with Gasteiger partial charge < -0.3 is 24.9 Å². The van der Waals surface area contributed by atoms with Crippen molar-refractivity contribution in [2.75, 3.05) is 20.3 Å². The van der Waals surface area contributed by atoms with Crippen LogP contribution in [0, 0.1) is 6.92 Å². The number of nitrogens with two attached hydrogens (primary N) is 1. The molecule has 1 aliphatic rings. The van der Waals surface area contributed by atoms with Gasteiger partial charge in [0.25, 0.3) is 0 Å². The van der Waals surface area contributed by atoms with Crippen LogP contribution in [-0.4, -0.2) is 37.7 Å². The smallest absolute Gasteiger partial charge is 0.341 e. The predicted molar refractivity (Wildman–Crippen MR) is 80.9 cm³/mol. The minimum Gasteiger partial charge on any atom is -0.465 e. The molecule has 0 spiro atoms. The van der Waals surface area contributed by atoms with Gasteiger partial charge in [-0.1, -0.05) is 0 Å². The lowest BCUT2D eigenvalue weighted by Gasteiger charge is -2.31. The van der Waals surface area contributed by atoms with Gasteiger partial charge in [-0.05, 0) is 25.8 Å².